The monoisotopic (exact) mass is 349 g/mol. The highest BCUT2D eigenvalue weighted by atomic mass is 16.6. The fraction of sp³-hybridized carbons (Fsp3) is 0.150. The van der Waals surface area contributed by atoms with Crippen molar-refractivity contribution in [2.45, 2.75) is 13.8 Å². The third kappa shape index (κ3) is 3.97. The number of methoxy groups -OCH3 is 1. The minimum atomic E-state index is -0.317. The summed E-state index contributed by atoms with van der Waals surface area (Å²) in [6.45, 7) is 3.96. The highest BCUT2D eigenvalue weighted by molar-refractivity contribution is 6.03. The van der Waals surface area contributed by atoms with E-state index in [0.717, 1.165) is 28.0 Å². The molecule has 0 unspecified atom stereocenters. The molecule has 0 saturated carbocycles. The van der Waals surface area contributed by atoms with Crippen molar-refractivity contribution in [3.8, 4) is 17.0 Å². The normalized spacial score (nSPS) is 10.9. The molecule has 3 aromatic rings. The van der Waals surface area contributed by atoms with Crippen LogP contribution in [-0.2, 0) is 4.79 Å². The number of aryl methyl sites for hydroxylation is 2. The van der Waals surface area contributed by atoms with Crippen LogP contribution in [0.4, 0.5) is 5.82 Å². The highest BCUT2D eigenvalue weighted by Crippen LogP contribution is 2.28. The van der Waals surface area contributed by atoms with Crippen LogP contribution in [0.25, 0.3) is 17.3 Å². The second-order valence-corrected chi connectivity index (χ2v) is 5.88. The van der Waals surface area contributed by atoms with Crippen LogP contribution in [-0.4, -0.2) is 23.3 Å². The smallest absolute Gasteiger partial charge is 0.249 e. The van der Waals surface area contributed by atoms with Crippen LogP contribution >= 0.6 is 0 Å². The lowest BCUT2D eigenvalue weighted by Crippen LogP contribution is -2.09. The number of hydrogen-bond donors (Lipinski definition) is 1. The maximum absolute atomic E-state index is 12.2. The van der Waals surface area contributed by atoms with Gasteiger partial charge < -0.3 is 10.1 Å². The van der Waals surface area contributed by atoms with E-state index in [2.05, 4.69) is 15.6 Å². The van der Waals surface area contributed by atoms with Crippen molar-refractivity contribution >= 4 is 17.8 Å². The van der Waals surface area contributed by atoms with E-state index in [0.29, 0.717) is 11.5 Å². The van der Waals surface area contributed by atoms with Gasteiger partial charge >= 0.3 is 0 Å². The first-order valence-corrected chi connectivity index (χ1v) is 8.10. The number of carbonyl (C=O) groups excluding carboxylic acids is 1. The van der Waals surface area contributed by atoms with Crippen molar-refractivity contribution < 1.29 is 14.2 Å². The van der Waals surface area contributed by atoms with Gasteiger partial charge in [0, 0.05) is 11.6 Å². The molecule has 0 saturated heterocycles. The van der Waals surface area contributed by atoms with Gasteiger partial charge in [-0.1, -0.05) is 29.8 Å². The van der Waals surface area contributed by atoms with Gasteiger partial charge in [-0.2, -0.15) is 0 Å². The maximum Gasteiger partial charge on any atom is 0.249 e. The predicted octanol–water partition coefficient (Wildman–Crippen LogP) is 4.01. The topological polar surface area (TPSA) is 77.2 Å². The number of amides is 1. The van der Waals surface area contributed by atoms with Crippen LogP contribution in [0.1, 0.15) is 16.7 Å². The molecule has 1 N–H and O–H groups in total. The average Bonchev–Trinajstić information content (AvgIpc) is 3.10. The standard InChI is InChI=1S/C20H19N3O3/c1-13-4-5-14(2)17(12-13)19-20(23-26-22-19)21-18(24)11-8-15-6-9-16(25-3)10-7-15/h4-12H,1-3H3,(H,21,23,24)/b11-8+. The van der Waals surface area contributed by atoms with Crippen molar-refractivity contribution in [2.24, 2.45) is 0 Å². The van der Waals surface area contributed by atoms with Crippen LogP contribution < -0.4 is 10.1 Å². The molecule has 1 aromatic heterocycles. The molecule has 0 bridgehead atoms. The van der Waals surface area contributed by atoms with Crippen molar-refractivity contribution in [3.05, 3.63) is 65.2 Å². The summed E-state index contributed by atoms with van der Waals surface area (Å²) in [4.78, 5) is 12.2. The van der Waals surface area contributed by atoms with E-state index in [1.165, 1.54) is 6.08 Å². The molecule has 0 atom stereocenters. The Hall–Kier alpha value is -3.41. The molecular weight excluding hydrogens is 330 g/mol. The zero-order valence-electron chi connectivity index (χ0n) is 14.8. The Morgan fingerprint density at radius 2 is 1.88 bits per heavy atom. The van der Waals surface area contributed by atoms with Crippen molar-refractivity contribution in [3.63, 3.8) is 0 Å². The SMILES string of the molecule is COc1ccc(/C=C/C(=O)Nc2nonc2-c2cc(C)ccc2C)cc1. The Balaban J connectivity index is 1.75. The minimum Gasteiger partial charge on any atom is -0.497 e. The molecule has 6 nitrogen and oxygen atoms in total. The molecule has 6 heteroatoms. The quantitative estimate of drug-likeness (QED) is 0.704. The zero-order chi connectivity index (χ0) is 18.5. The van der Waals surface area contributed by atoms with E-state index in [1.807, 2.05) is 56.3 Å². The lowest BCUT2D eigenvalue weighted by atomic mass is 10.0. The van der Waals surface area contributed by atoms with Crippen molar-refractivity contribution in [1.82, 2.24) is 10.3 Å². The molecule has 0 radical (unpaired) electrons. The average molecular weight is 349 g/mol. The second kappa shape index (κ2) is 7.65. The van der Waals surface area contributed by atoms with Gasteiger partial charge in [0.15, 0.2) is 5.69 Å². The number of benzene rings is 2. The van der Waals surface area contributed by atoms with E-state index in [9.17, 15) is 4.79 Å². The number of rotatable bonds is 5. The van der Waals surface area contributed by atoms with Gasteiger partial charge in [-0.3, -0.25) is 4.79 Å². The number of ether oxygens (including phenoxy) is 1. The summed E-state index contributed by atoms with van der Waals surface area (Å²) in [5.74, 6) is 0.740. The molecular formula is C20H19N3O3. The minimum absolute atomic E-state index is 0.295. The van der Waals surface area contributed by atoms with Crippen LogP contribution in [0, 0.1) is 13.8 Å². The van der Waals surface area contributed by atoms with Crippen molar-refractivity contribution in [2.75, 3.05) is 12.4 Å². The fourth-order valence-electron chi connectivity index (χ4n) is 2.48. The van der Waals surface area contributed by atoms with Crippen LogP contribution in [0.5, 0.6) is 5.75 Å². The third-order valence-electron chi connectivity index (χ3n) is 3.92. The van der Waals surface area contributed by atoms with Gasteiger partial charge in [-0.05, 0) is 59.6 Å². The molecule has 0 fully saturated rings. The molecule has 26 heavy (non-hydrogen) atoms. The fourth-order valence-corrected chi connectivity index (χ4v) is 2.48. The maximum atomic E-state index is 12.2. The number of nitrogens with zero attached hydrogens (tertiary/aromatic N) is 2. The molecule has 1 amide bonds. The summed E-state index contributed by atoms with van der Waals surface area (Å²) in [7, 11) is 1.61. The Morgan fingerprint density at radius 3 is 2.62 bits per heavy atom. The van der Waals surface area contributed by atoms with Gasteiger partial charge in [-0.25, -0.2) is 4.63 Å². The number of anilines is 1. The van der Waals surface area contributed by atoms with Gasteiger partial charge in [-0.15, -0.1) is 0 Å². The van der Waals surface area contributed by atoms with E-state index >= 15 is 0 Å². The zero-order valence-corrected chi connectivity index (χ0v) is 14.8. The molecule has 0 aliphatic rings. The molecule has 0 spiro atoms. The summed E-state index contributed by atoms with van der Waals surface area (Å²) in [5.41, 5.74) is 4.38. The molecule has 0 aliphatic heterocycles. The summed E-state index contributed by atoms with van der Waals surface area (Å²) >= 11 is 0. The lowest BCUT2D eigenvalue weighted by Gasteiger charge is -2.05. The van der Waals surface area contributed by atoms with E-state index in [4.69, 9.17) is 9.37 Å². The molecule has 0 aliphatic carbocycles. The van der Waals surface area contributed by atoms with Gasteiger partial charge in [0.25, 0.3) is 0 Å². The molecule has 1 heterocycles. The first kappa shape index (κ1) is 17.4. The molecule has 132 valence electrons. The number of carbonyl (C=O) groups is 1. The van der Waals surface area contributed by atoms with Crippen molar-refractivity contribution in [1.29, 1.82) is 0 Å². The number of aromatic nitrogens is 2. The largest absolute Gasteiger partial charge is 0.497 e. The lowest BCUT2D eigenvalue weighted by molar-refractivity contribution is -0.111. The molecule has 2 aromatic carbocycles. The Bertz CT molecular complexity index is 943. The number of hydrogen-bond acceptors (Lipinski definition) is 5. The summed E-state index contributed by atoms with van der Waals surface area (Å²) in [6.07, 6.45) is 3.14. The van der Waals surface area contributed by atoms with E-state index in [-0.39, 0.29) is 5.91 Å². The van der Waals surface area contributed by atoms with E-state index < -0.39 is 0 Å². The predicted molar refractivity (Wildman–Crippen MR) is 99.9 cm³/mol. The van der Waals surface area contributed by atoms with E-state index in [1.54, 1.807) is 13.2 Å². The summed E-state index contributed by atoms with van der Waals surface area (Å²) in [6, 6.07) is 13.4. The Kier molecular flexibility index (Phi) is 5.12. The highest BCUT2D eigenvalue weighted by Gasteiger charge is 2.16. The molecule has 3 rings (SSSR count). The summed E-state index contributed by atoms with van der Waals surface area (Å²) < 4.78 is 9.94. The Morgan fingerprint density at radius 1 is 1.12 bits per heavy atom. The van der Waals surface area contributed by atoms with Gasteiger partial charge in [0.1, 0.15) is 5.75 Å². The Labute approximate surface area is 151 Å². The number of nitrogens with one attached hydrogen (secondary N) is 1. The first-order chi connectivity index (χ1) is 12.6. The summed E-state index contributed by atoms with van der Waals surface area (Å²) in [5, 5.41) is 10.5. The van der Waals surface area contributed by atoms with Crippen LogP contribution in [0.2, 0.25) is 0 Å². The second-order valence-electron chi connectivity index (χ2n) is 5.88. The van der Waals surface area contributed by atoms with Gasteiger partial charge in [0.05, 0.1) is 7.11 Å². The first-order valence-electron chi connectivity index (χ1n) is 8.10. The van der Waals surface area contributed by atoms with Crippen LogP contribution in [0.3, 0.4) is 0 Å². The van der Waals surface area contributed by atoms with Gasteiger partial charge in [0.2, 0.25) is 11.7 Å². The van der Waals surface area contributed by atoms with Crippen LogP contribution in [0.15, 0.2) is 53.2 Å². The third-order valence-corrected chi connectivity index (χ3v) is 3.92.